The van der Waals surface area contributed by atoms with Crippen LogP contribution in [0, 0.1) is 17.8 Å². The number of thioether (sulfide) groups is 1. The molecule has 3 unspecified atom stereocenters. The number of hydrogen-bond acceptors (Lipinski definition) is 5. The molecule has 3 aliphatic rings. The Labute approximate surface area is 205 Å². The Kier molecular flexibility index (Phi) is 6.36. The minimum atomic E-state index is -0.989. The van der Waals surface area contributed by atoms with Gasteiger partial charge in [0, 0.05) is 17.3 Å². The number of benzene rings is 1. The highest BCUT2D eigenvalue weighted by Gasteiger charge is 2.77. The summed E-state index contributed by atoms with van der Waals surface area (Å²) in [5.41, 5.74) is 0.185. The van der Waals surface area contributed by atoms with Gasteiger partial charge in [-0.05, 0) is 38.7 Å². The monoisotopic (exact) mass is 486 g/mol. The van der Waals surface area contributed by atoms with Gasteiger partial charge in [-0.2, -0.15) is 0 Å². The number of rotatable bonds is 7. The minimum absolute atomic E-state index is 0.0216. The standard InChI is InChI=1S/C26H34N2O5S/c1-6-12-27(25(3,4)5)23(31)21-26-15(2)13-18(34-26)19(24(32)33)20(26)22(30)28(21)17(14-29)16-10-8-7-9-11-16/h6-11,15,17-21,29H,1,12-14H2,2-5H3,(H,32,33)/t15?,17-,18-,19+,20+,21?,26?/m1/s1. The molecule has 7 atom stereocenters. The summed E-state index contributed by atoms with van der Waals surface area (Å²) < 4.78 is -0.852. The minimum Gasteiger partial charge on any atom is -0.481 e. The van der Waals surface area contributed by atoms with Crippen LogP contribution in [0.15, 0.2) is 43.0 Å². The third-order valence-corrected chi connectivity index (χ3v) is 9.86. The zero-order chi connectivity index (χ0) is 25.0. The van der Waals surface area contributed by atoms with E-state index in [1.807, 2.05) is 58.0 Å². The second kappa shape index (κ2) is 8.72. The van der Waals surface area contributed by atoms with Gasteiger partial charge in [-0.1, -0.05) is 43.3 Å². The van der Waals surface area contributed by atoms with Gasteiger partial charge >= 0.3 is 5.97 Å². The second-order valence-electron chi connectivity index (χ2n) is 10.7. The number of fused-ring (bicyclic) bond motifs is 1. The van der Waals surface area contributed by atoms with Gasteiger partial charge in [0.05, 0.1) is 29.2 Å². The molecule has 2 N–H and O–H groups in total. The Morgan fingerprint density at radius 2 is 1.97 bits per heavy atom. The maximum atomic E-state index is 14.4. The van der Waals surface area contributed by atoms with E-state index in [1.54, 1.807) is 11.0 Å². The number of hydrogen-bond donors (Lipinski definition) is 2. The molecule has 3 aliphatic heterocycles. The maximum absolute atomic E-state index is 14.4. The van der Waals surface area contributed by atoms with Crippen LogP contribution in [0.2, 0.25) is 0 Å². The van der Waals surface area contributed by atoms with Crippen molar-refractivity contribution in [3.05, 3.63) is 48.6 Å². The third kappa shape index (κ3) is 3.49. The smallest absolute Gasteiger partial charge is 0.308 e. The summed E-state index contributed by atoms with van der Waals surface area (Å²) in [7, 11) is 0. The number of aliphatic hydroxyl groups is 1. The summed E-state index contributed by atoms with van der Waals surface area (Å²) in [5.74, 6) is -3.22. The molecule has 0 aliphatic carbocycles. The van der Waals surface area contributed by atoms with Gasteiger partial charge in [0.2, 0.25) is 11.8 Å². The zero-order valence-electron chi connectivity index (χ0n) is 20.2. The Bertz CT molecular complexity index is 993. The van der Waals surface area contributed by atoms with Gasteiger partial charge in [-0.25, -0.2) is 0 Å². The van der Waals surface area contributed by atoms with E-state index >= 15 is 0 Å². The number of carboxylic acid groups (broad SMARTS) is 1. The van der Waals surface area contributed by atoms with Crippen LogP contribution in [-0.2, 0) is 14.4 Å². The fraction of sp³-hybridized carbons (Fsp3) is 0.577. The van der Waals surface area contributed by atoms with Gasteiger partial charge < -0.3 is 20.0 Å². The molecule has 0 aromatic heterocycles. The summed E-state index contributed by atoms with van der Waals surface area (Å²) >= 11 is 1.51. The number of carbonyl (C=O) groups excluding carboxylic acids is 2. The molecular formula is C26H34N2O5S. The van der Waals surface area contributed by atoms with Gasteiger partial charge in [-0.15, -0.1) is 18.3 Å². The first-order valence-electron chi connectivity index (χ1n) is 11.8. The van der Waals surface area contributed by atoms with Crippen LogP contribution in [0.5, 0.6) is 0 Å². The molecule has 3 heterocycles. The van der Waals surface area contributed by atoms with E-state index in [9.17, 15) is 24.6 Å². The normalized spacial score (nSPS) is 33.0. The van der Waals surface area contributed by atoms with Crippen molar-refractivity contribution < 1.29 is 24.6 Å². The zero-order valence-corrected chi connectivity index (χ0v) is 21.0. The molecule has 1 spiro atoms. The van der Waals surface area contributed by atoms with E-state index in [2.05, 4.69) is 6.58 Å². The van der Waals surface area contributed by atoms with Crippen molar-refractivity contribution in [3.8, 4) is 0 Å². The lowest BCUT2D eigenvalue weighted by Gasteiger charge is -2.45. The molecule has 2 bridgehead atoms. The average Bonchev–Trinajstić information content (AvgIpc) is 3.36. The quantitative estimate of drug-likeness (QED) is 0.575. The van der Waals surface area contributed by atoms with Crippen LogP contribution in [0.25, 0.3) is 0 Å². The number of amides is 2. The highest BCUT2D eigenvalue weighted by Crippen LogP contribution is 2.69. The molecule has 3 fully saturated rings. The summed E-state index contributed by atoms with van der Waals surface area (Å²) in [6.07, 6.45) is 2.32. The molecule has 0 saturated carbocycles. The Morgan fingerprint density at radius 3 is 2.50 bits per heavy atom. The van der Waals surface area contributed by atoms with Crippen molar-refractivity contribution >= 4 is 29.5 Å². The summed E-state index contributed by atoms with van der Waals surface area (Å²) in [6, 6.07) is 7.55. The van der Waals surface area contributed by atoms with Gasteiger partial charge in [0.1, 0.15) is 6.04 Å². The van der Waals surface area contributed by atoms with Crippen molar-refractivity contribution in [3.63, 3.8) is 0 Å². The third-order valence-electron chi connectivity index (χ3n) is 7.78. The van der Waals surface area contributed by atoms with Crippen LogP contribution < -0.4 is 0 Å². The SMILES string of the molecule is C=CCN(C(=O)C1N([C@H](CO)c2ccccc2)C(=O)[C@@H]2[C@@H](C(=O)O)[C@H]3CC(C)C12S3)C(C)(C)C. The lowest BCUT2D eigenvalue weighted by atomic mass is 9.66. The predicted octanol–water partition coefficient (Wildman–Crippen LogP) is 2.95. The van der Waals surface area contributed by atoms with Crippen LogP contribution in [0.1, 0.15) is 45.7 Å². The Hall–Kier alpha value is -2.32. The van der Waals surface area contributed by atoms with E-state index in [4.69, 9.17) is 0 Å². The molecule has 4 rings (SSSR count). The number of nitrogens with zero attached hydrogens (tertiary/aromatic N) is 2. The lowest BCUT2D eigenvalue weighted by Crippen LogP contribution is -2.60. The first kappa shape index (κ1) is 24.8. The molecular weight excluding hydrogens is 452 g/mol. The average molecular weight is 487 g/mol. The fourth-order valence-electron chi connectivity index (χ4n) is 6.36. The van der Waals surface area contributed by atoms with E-state index in [-0.39, 0.29) is 29.6 Å². The predicted molar refractivity (Wildman–Crippen MR) is 131 cm³/mol. The van der Waals surface area contributed by atoms with Gasteiger partial charge in [0.15, 0.2) is 0 Å². The summed E-state index contributed by atoms with van der Waals surface area (Å²) in [5, 5.41) is 20.4. The van der Waals surface area contributed by atoms with Crippen LogP contribution in [0.3, 0.4) is 0 Å². The van der Waals surface area contributed by atoms with Crippen molar-refractivity contribution in [1.29, 1.82) is 0 Å². The van der Waals surface area contributed by atoms with Crippen molar-refractivity contribution in [2.24, 2.45) is 17.8 Å². The second-order valence-corrected chi connectivity index (χ2v) is 12.2. The number of carboxylic acids is 1. The summed E-state index contributed by atoms with van der Waals surface area (Å²) in [4.78, 5) is 44.0. The van der Waals surface area contributed by atoms with Crippen molar-refractivity contribution in [1.82, 2.24) is 9.80 Å². The Balaban J connectivity index is 1.91. The molecule has 7 nitrogen and oxygen atoms in total. The fourth-order valence-corrected chi connectivity index (χ4v) is 8.75. The topological polar surface area (TPSA) is 98.2 Å². The molecule has 3 saturated heterocycles. The number of aliphatic hydroxyl groups excluding tert-OH is 1. The van der Waals surface area contributed by atoms with E-state index < -0.39 is 40.2 Å². The summed E-state index contributed by atoms with van der Waals surface area (Å²) in [6.45, 7) is 11.6. The van der Waals surface area contributed by atoms with E-state index in [0.717, 1.165) is 5.56 Å². The lowest BCUT2D eigenvalue weighted by molar-refractivity contribution is -0.150. The van der Waals surface area contributed by atoms with Crippen LogP contribution in [0.4, 0.5) is 0 Å². The molecule has 1 aromatic rings. The highest BCUT2D eigenvalue weighted by molar-refractivity contribution is 8.02. The number of likely N-dealkylation sites (tertiary alicyclic amines) is 1. The van der Waals surface area contributed by atoms with Crippen molar-refractivity contribution in [2.75, 3.05) is 13.2 Å². The first-order chi connectivity index (χ1) is 16.0. The van der Waals surface area contributed by atoms with Crippen LogP contribution in [-0.4, -0.2) is 72.5 Å². The molecule has 34 heavy (non-hydrogen) atoms. The molecule has 184 valence electrons. The van der Waals surface area contributed by atoms with Gasteiger partial charge in [-0.3, -0.25) is 14.4 Å². The maximum Gasteiger partial charge on any atom is 0.308 e. The molecule has 8 heteroatoms. The highest BCUT2D eigenvalue weighted by atomic mass is 32.2. The van der Waals surface area contributed by atoms with Gasteiger partial charge in [0.25, 0.3) is 0 Å². The van der Waals surface area contributed by atoms with E-state index in [0.29, 0.717) is 13.0 Å². The largest absolute Gasteiger partial charge is 0.481 e. The van der Waals surface area contributed by atoms with Crippen LogP contribution >= 0.6 is 11.8 Å². The first-order valence-corrected chi connectivity index (χ1v) is 12.7. The van der Waals surface area contributed by atoms with E-state index in [1.165, 1.54) is 16.7 Å². The Morgan fingerprint density at radius 1 is 1.32 bits per heavy atom. The van der Waals surface area contributed by atoms with Crippen molar-refractivity contribution in [2.45, 2.75) is 61.7 Å². The molecule has 1 aromatic carbocycles. The molecule has 2 amide bonds. The number of aliphatic carboxylic acids is 1. The molecule has 0 radical (unpaired) electrons. The number of carbonyl (C=O) groups is 3.